The Bertz CT molecular complexity index is 661. The third-order valence-electron chi connectivity index (χ3n) is 4.46. The zero-order valence-corrected chi connectivity index (χ0v) is 14.3. The van der Waals surface area contributed by atoms with Crippen molar-refractivity contribution in [2.75, 3.05) is 31.1 Å². The van der Waals surface area contributed by atoms with Gasteiger partial charge in [-0.15, -0.1) is 11.3 Å². The van der Waals surface area contributed by atoms with Gasteiger partial charge in [0.15, 0.2) is 0 Å². The summed E-state index contributed by atoms with van der Waals surface area (Å²) < 4.78 is 0.996. The minimum Gasteiger partial charge on any atom is -0.356 e. The standard InChI is InChI=1S/C15H15BrN4OS/c16-12-1-2-14(17-3-12)19-4-10-6-20(7-11(10)5-19)15(21)13-8-22-9-18-13/h1-3,8-11H,4-7H2. The van der Waals surface area contributed by atoms with Gasteiger partial charge in [0.05, 0.1) is 5.51 Å². The van der Waals surface area contributed by atoms with Gasteiger partial charge in [-0.2, -0.15) is 0 Å². The molecule has 2 aliphatic rings. The summed E-state index contributed by atoms with van der Waals surface area (Å²) in [5.74, 6) is 2.17. The van der Waals surface area contributed by atoms with Crippen LogP contribution in [0.5, 0.6) is 0 Å². The number of likely N-dealkylation sites (tertiary alicyclic amines) is 1. The van der Waals surface area contributed by atoms with Crippen LogP contribution in [0, 0.1) is 11.8 Å². The van der Waals surface area contributed by atoms with Crippen molar-refractivity contribution >= 4 is 39.0 Å². The van der Waals surface area contributed by atoms with Gasteiger partial charge in [0.25, 0.3) is 5.91 Å². The summed E-state index contributed by atoms with van der Waals surface area (Å²) in [5.41, 5.74) is 2.29. The van der Waals surface area contributed by atoms with E-state index in [4.69, 9.17) is 0 Å². The van der Waals surface area contributed by atoms with Gasteiger partial charge in [0.1, 0.15) is 11.5 Å². The fourth-order valence-electron chi connectivity index (χ4n) is 3.38. The zero-order valence-electron chi connectivity index (χ0n) is 11.9. The number of aromatic nitrogens is 2. The predicted octanol–water partition coefficient (Wildman–Crippen LogP) is 2.51. The molecule has 0 N–H and O–H groups in total. The highest BCUT2D eigenvalue weighted by atomic mass is 79.9. The van der Waals surface area contributed by atoms with Crippen molar-refractivity contribution in [2.24, 2.45) is 11.8 Å². The first-order chi connectivity index (χ1) is 10.7. The zero-order chi connectivity index (χ0) is 15.1. The van der Waals surface area contributed by atoms with E-state index in [-0.39, 0.29) is 5.91 Å². The molecule has 2 atom stereocenters. The molecule has 0 radical (unpaired) electrons. The lowest BCUT2D eigenvalue weighted by molar-refractivity contribution is 0.0777. The first kappa shape index (κ1) is 14.1. The average Bonchev–Trinajstić information content (AvgIpc) is 3.23. The van der Waals surface area contributed by atoms with Crippen molar-refractivity contribution in [3.63, 3.8) is 0 Å². The molecule has 2 aromatic rings. The van der Waals surface area contributed by atoms with Crippen molar-refractivity contribution in [3.8, 4) is 0 Å². The maximum Gasteiger partial charge on any atom is 0.273 e. The molecule has 7 heteroatoms. The number of nitrogens with zero attached hydrogens (tertiary/aromatic N) is 4. The molecule has 0 bridgehead atoms. The topological polar surface area (TPSA) is 49.3 Å². The Morgan fingerprint density at radius 3 is 2.55 bits per heavy atom. The van der Waals surface area contributed by atoms with Crippen LogP contribution in [0.15, 0.2) is 33.7 Å². The molecule has 114 valence electrons. The van der Waals surface area contributed by atoms with Crippen molar-refractivity contribution in [2.45, 2.75) is 0 Å². The Labute approximate surface area is 141 Å². The molecule has 2 fully saturated rings. The Balaban J connectivity index is 1.42. The Morgan fingerprint density at radius 1 is 1.18 bits per heavy atom. The van der Waals surface area contributed by atoms with Crippen molar-refractivity contribution < 1.29 is 4.79 Å². The summed E-state index contributed by atoms with van der Waals surface area (Å²) in [4.78, 5) is 25.2. The van der Waals surface area contributed by atoms with Crippen LogP contribution in [0.1, 0.15) is 10.5 Å². The normalized spacial score (nSPS) is 23.9. The average molecular weight is 379 g/mol. The highest BCUT2D eigenvalue weighted by molar-refractivity contribution is 9.10. The van der Waals surface area contributed by atoms with Gasteiger partial charge >= 0.3 is 0 Å². The Hall–Kier alpha value is -1.47. The largest absolute Gasteiger partial charge is 0.356 e. The number of hydrogen-bond donors (Lipinski definition) is 0. The maximum atomic E-state index is 12.4. The number of halogens is 1. The lowest BCUT2D eigenvalue weighted by atomic mass is 10.0. The molecule has 0 saturated carbocycles. The monoisotopic (exact) mass is 378 g/mol. The van der Waals surface area contributed by atoms with Crippen molar-refractivity contribution in [1.82, 2.24) is 14.9 Å². The van der Waals surface area contributed by atoms with E-state index in [0.29, 0.717) is 17.5 Å². The lowest BCUT2D eigenvalue weighted by Crippen LogP contribution is -2.33. The molecule has 2 unspecified atom stereocenters. The fraction of sp³-hybridized carbons (Fsp3) is 0.400. The molecule has 22 heavy (non-hydrogen) atoms. The van der Waals surface area contributed by atoms with E-state index in [1.54, 1.807) is 5.51 Å². The number of rotatable bonds is 2. The van der Waals surface area contributed by atoms with Gasteiger partial charge < -0.3 is 9.80 Å². The SMILES string of the molecule is O=C(c1cscn1)N1CC2CN(c3ccc(Br)cn3)CC2C1. The van der Waals surface area contributed by atoms with Crippen LogP contribution in [0.2, 0.25) is 0 Å². The minimum atomic E-state index is 0.0731. The molecule has 0 aliphatic carbocycles. The quantitative estimate of drug-likeness (QED) is 0.805. The molecule has 2 aromatic heterocycles. The summed E-state index contributed by atoms with van der Waals surface area (Å²) in [5, 5.41) is 1.83. The number of carbonyl (C=O) groups excluding carboxylic acids is 1. The van der Waals surface area contributed by atoms with Crippen molar-refractivity contribution in [1.29, 1.82) is 0 Å². The molecule has 2 aliphatic heterocycles. The molecule has 2 saturated heterocycles. The van der Waals surface area contributed by atoms with Gasteiger partial charge in [-0.05, 0) is 28.1 Å². The van der Waals surface area contributed by atoms with Crippen LogP contribution >= 0.6 is 27.3 Å². The van der Waals surface area contributed by atoms with Crippen LogP contribution in [0.3, 0.4) is 0 Å². The van der Waals surface area contributed by atoms with Gasteiger partial charge in [0, 0.05) is 54.1 Å². The van der Waals surface area contributed by atoms with Gasteiger partial charge in [-0.1, -0.05) is 0 Å². The third-order valence-corrected chi connectivity index (χ3v) is 5.52. The molecule has 4 rings (SSSR count). The summed E-state index contributed by atoms with van der Waals surface area (Å²) >= 11 is 4.88. The van der Waals surface area contributed by atoms with Crippen LogP contribution < -0.4 is 4.90 Å². The molecule has 4 heterocycles. The molecular weight excluding hydrogens is 364 g/mol. The van der Waals surface area contributed by atoms with Gasteiger partial charge in [-0.25, -0.2) is 9.97 Å². The smallest absolute Gasteiger partial charge is 0.273 e. The summed E-state index contributed by atoms with van der Waals surface area (Å²) in [7, 11) is 0. The second-order valence-corrected chi connectivity index (χ2v) is 7.48. The number of thiazole rings is 1. The van der Waals surface area contributed by atoms with Crippen LogP contribution in [-0.4, -0.2) is 47.0 Å². The lowest BCUT2D eigenvalue weighted by Gasteiger charge is -2.22. The second kappa shape index (κ2) is 5.62. The molecule has 5 nitrogen and oxygen atoms in total. The Kier molecular flexibility index (Phi) is 3.62. The molecule has 0 aromatic carbocycles. The Morgan fingerprint density at radius 2 is 1.95 bits per heavy atom. The van der Waals surface area contributed by atoms with Gasteiger partial charge in [0.2, 0.25) is 0 Å². The van der Waals surface area contributed by atoms with E-state index >= 15 is 0 Å². The summed E-state index contributed by atoms with van der Waals surface area (Å²) in [6.45, 7) is 3.60. The number of anilines is 1. The van der Waals surface area contributed by atoms with E-state index in [1.807, 2.05) is 28.6 Å². The number of pyridine rings is 1. The second-order valence-electron chi connectivity index (χ2n) is 5.84. The highest BCUT2D eigenvalue weighted by Gasteiger charge is 2.42. The number of amides is 1. The first-order valence-corrected chi connectivity index (χ1v) is 8.98. The van der Waals surface area contributed by atoms with E-state index in [0.717, 1.165) is 36.5 Å². The molecular formula is C15H15BrN4OS. The highest BCUT2D eigenvalue weighted by Crippen LogP contribution is 2.34. The number of fused-ring (bicyclic) bond motifs is 1. The van der Waals surface area contributed by atoms with E-state index in [2.05, 4.69) is 30.8 Å². The van der Waals surface area contributed by atoms with Crippen LogP contribution in [0.25, 0.3) is 0 Å². The molecule has 0 spiro atoms. The summed E-state index contributed by atoms with van der Waals surface area (Å²) in [6.07, 6.45) is 1.83. The van der Waals surface area contributed by atoms with Crippen LogP contribution in [-0.2, 0) is 0 Å². The minimum absolute atomic E-state index is 0.0731. The van der Waals surface area contributed by atoms with Crippen LogP contribution in [0.4, 0.5) is 5.82 Å². The number of carbonyl (C=O) groups is 1. The molecule has 1 amide bonds. The van der Waals surface area contributed by atoms with Gasteiger partial charge in [-0.3, -0.25) is 4.79 Å². The first-order valence-electron chi connectivity index (χ1n) is 7.24. The fourth-order valence-corrected chi connectivity index (χ4v) is 4.14. The summed E-state index contributed by atoms with van der Waals surface area (Å²) in [6, 6.07) is 4.07. The number of hydrogen-bond acceptors (Lipinski definition) is 5. The van der Waals surface area contributed by atoms with E-state index < -0.39 is 0 Å². The van der Waals surface area contributed by atoms with E-state index in [9.17, 15) is 4.79 Å². The predicted molar refractivity (Wildman–Crippen MR) is 89.1 cm³/mol. The van der Waals surface area contributed by atoms with Crippen molar-refractivity contribution in [3.05, 3.63) is 39.4 Å². The van der Waals surface area contributed by atoms with E-state index in [1.165, 1.54) is 11.3 Å². The maximum absolute atomic E-state index is 12.4. The third kappa shape index (κ3) is 2.52.